The Labute approximate surface area is 257 Å². The molecular formula is C38H60N2O2. The Bertz CT molecular complexity index is 900. The zero-order valence-electron chi connectivity index (χ0n) is 27.0. The van der Waals surface area contributed by atoms with Gasteiger partial charge in [0.25, 0.3) is 0 Å². The van der Waals surface area contributed by atoms with Gasteiger partial charge >= 0.3 is 11.8 Å². The van der Waals surface area contributed by atoms with Gasteiger partial charge in [-0.3, -0.25) is 14.5 Å². The number of rotatable bonds is 24. The molecule has 0 heterocycles. The van der Waals surface area contributed by atoms with Crippen LogP contribution in [0.5, 0.6) is 0 Å². The fourth-order valence-corrected chi connectivity index (χ4v) is 5.75. The molecule has 2 N–H and O–H groups in total. The average molecular weight is 577 g/mol. The van der Waals surface area contributed by atoms with E-state index in [1.807, 2.05) is 24.3 Å². The second-order valence-corrected chi connectivity index (χ2v) is 12.2. The summed E-state index contributed by atoms with van der Waals surface area (Å²) in [5.41, 5.74) is 9.30. The molecule has 0 unspecified atom stereocenters. The van der Waals surface area contributed by atoms with Crippen molar-refractivity contribution in [3.8, 4) is 0 Å². The van der Waals surface area contributed by atoms with E-state index in [4.69, 9.17) is 5.73 Å². The number of carbonyl (C=O) groups excluding carboxylic acids is 2. The van der Waals surface area contributed by atoms with Crippen LogP contribution in [0.25, 0.3) is 0 Å². The van der Waals surface area contributed by atoms with Gasteiger partial charge in [0.05, 0.1) is 0 Å². The first-order valence-electron chi connectivity index (χ1n) is 17.4. The Morgan fingerprint density at radius 3 is 1.05 bits per heavy atom. The molecule has 234 valence electrons. The first kappa shape index (κ1) is 35.6. The van der Waals surface area contributed by atoms with Crippen molar-refractivity contribution in [2.24, 2.45) is 5.73 Å². The molecule has 0 atom stereocenters. The molecule has 0 aromatic heterocycles. The van der Waals surface area contributed by atoms with Crippen molar-refractivity contribution < 1.29 is 9.59 Å². The van der Waals surface area contributed by atoms with Gasteiger partial charge in [-0.25, -0.2) is 0 Å². The normalized spacial score (nSPS) is 11.1. The summed E-state index contributed by atoms with van der Waals surface area (Å²) in [5, 5.41) is 0. The van der Waals surface area contributed by atoms with Gasteiger partial charge in [0, 0.05) is 11.4 Å². The standard InChI is InChI=1S/C38H60N2O2/c1-3-5-7-9-11-13-15-17-19-21-23-33-25-29-35(30-26-33)40(38(42)37(39)41)36-31-27-34(28-32-36)24-22-20-18-16-14-12-10-8-6-4-2/h25-32H,3-24H2,1-2H3,(H2,39,41). The summed E-state index contributed by atoms with van der Waals surface area (Å²) in [4.78, 5) is 26.1. The molecule has 0 saturated heterocycles. The number of primary amides is 1. The zero-order valence-corrected chi connectivity index (χ0v) is 27.0. The second kappa shape index (κ2) is 22.9. The maximum absolute atomic E-state index is 12.8. The number of benzene rings is 2. The minimum Gasteiger partial charge on any atom is -0.361 e. The van der Waals surface area contributed by atoms with Crippen molar-refractivity contribution in [1.29, 1.82) is 0 Å². The number of carbonyl (C=O) groups is 2. The highest BCUT2D eigenvalue weighted by Gasteiger charge is 2.22. The van der Waals surface area contributed by atoms with Crippen LogP contribution in [0.2, 0.25) is 0 Å². The van der Waals surface area contributed by atoms with E-state index < -0.39 is 11.8 Å². The van der Waals surface area contributed by atoms with Gasteiger partial charge in [0.2, 0.25) is 0 Å². The summed E-state index contributed by atoms with van der Waals surface area (Å²) in [6.07, 6.45) is 28.7. The number of anilines is 2. The van der Waals surface area contributed by atoms with Crippen molar-refractivity contribution in [2.45, 2.75) is 155 Å². The first-order chi connectivity index (χ1) is 20.6. The van der Waals surface area contributed by atoms with Crippen molar-refractivity contribution >= 4 is 23.2 Å². The molecule has 0 aliphatic carbocycles. The molecule has 2 aromatic rings. The van der Waals surface area contributed by atoms with Gasteiger partial charge in [-0.2, -0.15) is 0 Å². The highest BCUT2D eigenvalue weighted by Crippen LogP contribution is 2.27. The van der Waals surface area contributed by atoms with E-state index in [9.17, 15) is 9.59 Å². The molecule has 4 heteroatoms. The Kier molecular flexibility index (Phi) is 19.4. The van der Waals surface area contributed by atoms with Gasteiger partial charge < -0.3 is 5.73 Å². The number of hydrogen-bond acceptors (Lipinski definition) is 2. The summed E-state index contributed by atoms with van der Waals surface area (Å²) in [6, 6.07) is 16.0. The molecule has 0 bridgehead atoms. The van der Waals surface area contributed by atoms with E-state index >= 15 is 0 Å². The minimum atomic E-state index is -0.945. The van der Waals surface area contributed by atoms with Crippen LogP contribution in [-0.2, 0) is 22.4 Å². The number of hydrogen-bond donors (Lipinski definition) is 1. The lowest BCUT2D eigenvalue weighted by Gasteiger charge is -2.22. The monoisotopic (exact) mass is 576 g/mol. The van der Waals surface area contributed by atoms with Crippen molar-refractivity contribution in [2.75, 3.05) is 4.90 Å². The lowest BCUT2D eigenvalue weighted by atomic mass is 10.0. The summed E-state index contributed by atoms with van der Waals surface area (Å²) < 4.78 is 0. The van der Waals surface area contributed by atoms with E-state index in [0.717, 1.165) is 12.8 Å². The predicted molar refractivity (Wildman–Crippen MR) is 180 cm³/mol. The maximum atomic E-state index is 12.8. The maximum Gasteiger partial charge on any atom is 0.320 e. The SMILES string of the molecule is CCCCCCCCCCCCc1ccc(N(C(=O)C(N)=O)c2ccc(CCCCCCCCCCCC)cc2)cc1. The van der Waals surface area contributed by atoms with Gasteiger partial charge in [-0.1, -0.05) is 154 Å². The molecule has 0 radical (unpaired) electrons. The third-order valence-electron chi connectivity index (χ3n) is 8.44. The first-order valence-corrected chi connectivity index (χ1v) is 17.4. The van der Waals surface area contributed by atoms with Crippen molar-refractivity contribution in [3.63, 3.8) is 0 Å². The van der Waals surface area contributed by atoms with Crippen LogP contribution < -0.4 is 10.6 Å². The third-order valence-corrected chi connectivity index (χ3v) is 8.44. The lowest BCUT2D eigenvalue weighted by Crippen LogP contribution is -2.37. The van der Waals surface area contributed by atoms with Crippen LogP contribution in [-0.4, -0.2) is 11.8 Å². The van der Waals surface area contributed by atoms with Gasteiger partial charge in [-0.05, 0) is 61.1 Å². The molecular weight excluding hydrogens is 516 g/mol. The molecule has 42 heavy (non-hydrogen) atoms. The van der Waals surface area contributed by atoms with Crippen LogP contribution in [0, 0.1) is 0 Å². The van der Waals surface area contributed by atoms with E-state index in [0.29, 0.717) is 11.4 Å². The third kappa shape index (κ3) is 15.0. The fraction of sp³-hybridized carbons (Fsp3) is 0.632. The zero-order chi connectivity index (χ0) is 30.3. The van der Waals surface area contributed by atoms with E-state index in [-0.39, 0.29) is 0 Å². The quantitative estimate of drug-likeness (QED) is 0.0997. The topological polar surface area (TPSA) is 63.4 Å². The van der Waals surface area contributed by atoms with Crippen LogP contribution in [0.3, 0.4) is 0 Å². The highest BCUT2D eigenvalue weighted by atomic mass is 16.2. The van der Waals surface area contributed by atoms with Gasteiger partial charge in [0.15, 0.2) is 0 Å². The largest absolute Gasteiger partial charge is 0.361 e. The minimum absolute atomic E-state index is 0.674. The van der Waals surface area contributed by atoms with Crippen LogP contribution in [0.15, 0.2) is 48.5 Å². The number of amides is 2. The molecule has 0 fully saturated rings. The Morgan fingerprint density at radius 1 is 0.476 bits per heavy atom. The second-order valence-electron chi connectivity index (χ2n) is 12.2. The van der Waals surface area contributed by atoms with E-state index in [2.05, 4.69) is 38.1 Å². The van der Waals surface area contributed by atoms with Gasteiger partial charge in [0.1, 0.15) is 0 Å². The summed E-state index contributed by atoms with van der Waals surface area (Å²) in [5.74, 6) is -1.65. The summed E-state index contributed by atoms with van der Waals surface area (Å²) in [6.45, 7) is 4.53. The molecule has 0 aliphatic rings. The molecule has 0 aliphatic heterocycles. The lowest BCUT2D eigenvalue weighted by molar-refractivity contribution is -0.135. The Balaban J connectivity index is 1.77. The molecule has 2 amide bonds. The molecule has 0 saturated carbocycles. The van der Waals surface area contributed by atoms with E-state index in [1.54, 1.807) is 0 Å². The molecule has 4 nitrogen and oxygen atoms in total. The number of nitrogens with two attached hydrogens (primary N) is 1. The summed E-state index contributed by atoms with van der Waals surface area (Å²) in [7, 11) is 0. The van der Waals surface area contributed by atoms with Gasteiger partial charge in [-0.15, -0.1) is 0 Å². The average Bonchev–Trinajstić information content (AvgIpc) is 3.00. The Morgan fingerprint density at radius 2 is 0.762 bits per heavy atom. The van der Waals surface area contributed by atoms with Crippen LogP contribution in [0.4, 0.5) is 11.4 Å². The highest BCUT2D eigenvalue weighted by molar-refractivity contribution is 6.41. The van der Waals surface area contributed by atoms with Crippen LogP contribution >= 0.6 is 0 Å². The van der Waals surface area contributed by atoms with Crippen molar-refractivity contribution in [3.05, 3.63) is 59.7 Å². The molecule has 2 aromatic carbocycles. The molecule has 0 spiro atoms. The van der Waals surface area contributed by atoms with E-state index in [1.165, 1.54) is 144 Å². The molecule has 2 rings (SSSR count). The number of aryl methyl sites for hydroxylation is 2. The Hall–Kier alpha value is -2.62. The fourth-order valence-electron chi connectivity index (χ4n) is 5.75. The number of nitrogens with zero attached hydrogens (tertiary/aromatic N) is 1. The van der Waals surface area contributed by atoms with Crippen molar-refractivity contribution in [1.82, 2.24) is 0 Å². The van der Waals surface area contributed by atoms with Crippen LogP contribution in [0.1, 0.15) is 153 Å². The predicted octanol–water partition coefficient (Wildman–Crippen LogP) is 10.8. The number of unbranched alkanes of at least 4 members (excludes halogenated alkanes) is 18. The smallest absolute Gasteiger partial charge is 0.320 e. The summed E-state index contributed by atoms with van der Waals surface area (Å²) >= 11 is 0.